The first kappa shape index (κ1) is 15.0. The van der Waals surface area contributed by atoms with Crippen LogP contribution >= 0.6 is 0 Å². The highest BCUT2D eigenvalue weighted by atomic mass is 16.4. The molecule has 0 bridgehead atoms. The van der Waals surface area contributed by atoms with Gasteiger partial charge >= 0.3 is 5.97 Å². The number of nitrogens with zero attached hydrogens (tertiary/aromatic N) is 1. The minimum Gasteiger partial charge on any atom is -0.478 e. The fraction of sp³-hybridized carbons (Fsp3) is 0.562. The molecule has 110 valence electrons. The van der Waals surface area contributed by atoms with Gasteiger partial charge in [-0.15, -0.1) is 0 Å². The summed E-state index contributed by atoms with van der Waals surface area (Å²) in [5.74, 6) is -0.139. The summed E-state index contributed by atoms with van der Waals surface area (Å²) in [4.78, 5) is 13.3. The fourth-order valence-electron chi connectivity index (χ4n) is 2.68. The van der Waals surface area contributed by atoms with Gasteiger partial charge in [0.15, 0.2) is 0 Å². The van der Waals surface area contributed by atoms with Crippen molar-refractivity contribution in [3.8, 4) is 0 Å². The van der Waals surface area contributed by atoms with Crippen molar-refractivity contribution in [3.63, 3.8) is 0 Å². The number of rotatable bonds is 6. The molecule has 4 nitrogen and oxygen atoms in total. The van der Waals surface area contributed by atoms with Crippen molar-refractivity contribution in [1.29, 1.82) is 0 Å². The van der Waals surface area contributed by atoms with Crippen LogP contribution in [0.4, 0.5) is 0 Å². The first-order valence-electron chi connectivity index (χ1n) is 7.33. The quantitative estimate of drug-likeness (QED) is 0.836. The molecule has 0 spiro atoms. The molecule has 1 aliphatic rings. The van der Waals surface area contributed by atoms with Crippen molar-refractivity contribution in [3.05, 3.63) is 35.4 Å². The summed E-state index contributed by atoms with van der Waals surface area (Å²) in [5, 5.41) is 12.3. The van der Waals surface area contributed by atoms with Gasteiger partial charge in [0.25, 0.3) is 0 Å². The maximum atomic E-state index is 10.8. The number of benzene rings is 1. The van der Waals surface area contributed by atoms with Crippen LogP contribution in [-0.4, -0.2) is 41.7 Å². The van der Waals surface area contributed by atoms with Crippen LogP contribution in [0.15, 0.2) is 24.3 Å². The second-order valence-electron chi connectivity index (χ2n) is 5.88. The van der Waals surface area contributed by atoms with Gasteiger partial charge in [-0.2, -0.15) is 0 Å². The maximum Gasteiger partial charge on any atom is 0.335 e. The standard InChI is InChI=1S/C16H24N2O2/c1-12(2)18-8-7-14(11-18)10-17-9-13-3-5-15(6-4-13)16(19)20/h3-6,12,14,17H,7-11H2,1-2H3,(H,19,20). The van der Waals surface area contributed by atoms with Crippen molar-refractivity contribution in [1.82, 2.24) is 10.2 Å². The average Bonchev–Trinajstić information content (AvgIpc) is 2.88. The number of aromatic carboxylic acids is 1. The largest absolute Gasteiger partial charge is 0.478 e. The zero-order chi connectivity index (χ0) is 14.5. The van der Waals surface area contributed by atoms with Crippen molar-refractivity contribution in [2.24, 2.45) is 5.92 Å². The molecule has 1 fully saturated rings. The molecule has 0 aliphatic carbocycles. The third-order valence-electron chi connectivity index (χ3n) is 4.01. The van der Waals surface area contributed by atoms with E-state index in [1.165, 1.54) is 19.5 Å². The van der Waals surface area contributed by atoms with Gasteiger partial charge in [0.1, 0.15) is 0 Å². The van der Waals surface area contributed by atoms with Crippen molar-refractivity contribution in [2.75, 3.05) is 19.6 Å². The van der Waals surface area contributed by atoms with Crippen LogP contribution in [0.5, 0.6) is 0 Å². The number of hydrogen-bond donors (Lipinski definition) is 2. The molecule has 1 saturated heterocycles. The van der Waals surface area contributed by atoms with Crippen LogP contribution in [0.1, 0.15) is 36.2 Å². The zero-order valence-electron chi connectivity index (χ0n) is 12.3. The summed E-state index contributed by atoms with van der Waals surface area (Å²) in [6.07, 6.45) is 1.27. The number of carboxylic acid groups (broad SMARTS) is 1. The smallest absolute Gasteiger partial charge is 0.335 e. The van der Waals surface area contributed by atoms with Gasteiger partial charge in [0, 0.05) is 19.1 Å². The number of carbonyl (C=O) groups is 1. The van der Waals surface area contributed by atoms with Crippen LogP contribution < -0.4 is 5.32 Å². The summed E-state index contributed by atoms with van der Waals surface area (Å²) in [5.41, 5.74) is 1.48. The predicted octanol–water partition coefficient (Wildman–Crippen LogP) is 2.20. The Morgan fingerprint density at radius 3 is 2.65 bits per heavy atom. The lowest BCUT2D eigenvalue weighted by molar-refractivity contribution is 0.0697. The normalized spacial score (nSPS) is 19.6. The Balaban J connectivity index is 1.72. The second-order valence-corrected chi connectivity index (χ2v) is 5.88. The second kappa shape index (κ2) is 6.86. The zero-order valence-corrected chi connectivity index (χ0v) is 12.3. The number of nitrogens with one attached hydrogen (secondary N) is 1. The molecule has 1 atom stereocenters. The monoisotopic (exact) mass is 276 g/mol. The Morgan fingerprint density at radius 1 is 1.40 bits per heavy atom. The Morgan fingerprint density at radius 2 is 2.10 bits per heavy atom. The molecule has 1 aromatic rings. The van der Waals surface area contributed by atoms with Crippen LogP contribution in [0.2, 0.25) is 0 Å². The van der Waals surface area contributed by atoms with Crippen molar-refractivity contribution < 1.29 is 9.90 Å². The van der Waals surface area contributed by atoms with Gasteiger partial charge < -0.3 is 15.3 Å². The van der Waals surface area contributed by atoms with Gasteiger partial charge in [-0.1, -0.05) is 12.1 Å². The molecule has 4 heteroatoms. The van der Waals surface area contributed by atoms with Crippen LogP contribution in [0, 0.1) is 5.92 Å². The highest BCUT2D eigenvalue weighted by Crippen LogP contribution is 2.17. The maximum absolute atomic E-state index is 10.8. The van der Waals surface area contributed by atoms with E-state index in [1.54, 1.807) is 12.1 Å². The SMILES string of the molecule is CC(C)N1CCC(CNCc2ccc(C(=O)O)cc2)C1. The molecule has 2 rings (SSSR count). The van der Waals surface area contributed by atoms with Gasteiger partial charge in [0.05, 0.1) is 5.56 Å². The lowest BCUT2D eigenvalue weighted by Gasteiger charge is -2.20. The van der Waals surface area contributed by atoms with Gasteiger partial charge in [0.2, 0.25) is 0 Å². The van der Waals surface area contributed by atoms with E-state index in [9.17, 15) is 4.79 Å². The highest BCUT2D eigenvalue weighted by molar-refractivity contribution is 5.87. The molecule has 1 aromatic carbocycles. The molecule has 2 N–H and O–H groups in total. The molecule has 0 saturated carbocycles. The summed E-state index contributed by atoms with van der Waals surface area (Å²) in [6, 6.07) is 7.73. The van der Waals surface area contributed by atoms with Crippen LogP contribution in [-0.2, 0) is 6.54 Å². The molecule has 1 unspecified atom stereocenters. The fourth-order valence-corrected chi connectivity index (χ4v) is 2.68. The van der Waals surface area contributed by atoms with Gasteiger partial charge in [-0.3, -0.25) is 0 Å². The van der Waals surface area contributed by atoms with E-state index in [-0.39, 0.29) is 0 Å². The molecule has 1 heterocycles. The molecule has 0 radical (unpaired) electrons. The highest BCUT2D eigenvalue weighted by Gasteiger charge is 2.23. The number of carboxylic acids is 1. The van der Waals surface area contributed by atoms with E-state index in [2.05, 4.69) is 24.1 Å². The van der Waals surface area contributed by atoms with Crippen molar-refractivity contribution in [2.45, 2.75) is 32.9 Å². The molecular formula is C16H24N2O2. The predicted molar refractivity (Wildman–Crippen MR) is 79.9 cm³/mol. The lowest BCUT2D eigenvalue weighted by Crippen LogP contribution is -2.30. The Hall–Kier alpha value is -1.39. The van der Waals surface area contributed by atoms with E-state index < -0.39 is 5.97 Å². The van der Waals surface area contributed by atoms with Crippen molar-refractivity contribution >= 4 is 5.97 Å². The first-order valence-corrected chi connectivity index (χ1v) is 7.33. The van der Waals surface area contributed by atoms with E-state index in [1.807, 2.05) is 12.1 Å². The lowest BCUT2D eigenvalue weighted by atomic mass is 10.1. The number of likely N-dealkylation sites (tertiary alicyclic amines) is 1. The first-order chi connectivity index (χ1) is 9.56. The third-order valence-corrected chi connectivity index (χ3v) is 4.01. The average molecular weight is 276 g/mol. The summed E-state index contributed by atoms with van der Waals surface area (Å²) in [6.45, 7) is 8.72. The number of hydrogen-bond acceptors (Lipinski definition) is 3. The Kier molecular flexibility index (Phi) is 5.15. The minimum atomic E-state index is -0.871. The van der Waals surface area contributed by atoms with Crippen LogP contribution in [0.25, 0.3) is 0 Å². The van der Waals surface area contributed by atoms with E-state index in [4.69, 9.17) is 5.11 Å². The molecule has 20 heavy (non-hydrogen) atoms. The summed E-state index contributed by atoms with van der Waals surface area (Å²) in [7, 11) is 0. The third kappa shape index (κ3) is 4.05. The minimum absolute atomic E-state index is 0.345. The molecule has 0 aromatic heterocycles. The Bertz CT molecular complexity index is 442. The van der Waals surface area contributed by atoms with E-state index in [0.717, 1.165) is 24.6 Å². The molecule has 1 aliphatic heterocycles. The molecular weight excluding hydrogens is 252 g/mol. The summed E-state index contributed by atoms with van der Waals surface area (Å²) < 4.78 is 0. The van der Waals surface area contributed by atoms with Gasteiger partial charge in [-0.25, -0.2) is 4.79 Å². The Labute approximate surface area is 120 Å². The summed E-state index contributed by atoms with van der Waals surface area (Å²) >= 11 is 0. The topological polar surface area (TPSA) is 52.6 Å². The molecule has 0 amide bonds. The van der Waals surface area contributed by atoms with E-state index in [0.29, 0.717) is 11.6 Å². The van der Waals surface area contributed by atoms with Crippen LogP contribution in [0.3, 0.4) is 0 Å². The van der Waals surface area contributed by atoms with E-state index >= 15 is 0 Å². The van der Waals surface area contributed by atoms with Gasteiger partial charge in [-0.05, 0) is 57.0 Å².